The number of nitrogens with zero attached hydrogens (tertiary/aromatic N) is 1. The van der Waals surface area contributed by atoms with Gasteiger partial charge < -0.3 is 10.0 Å². The average molecular weight is 362 g/mol. The van der Waals surface area contributed by atoms with Gasteiger partial charge in [-0.1, -0.05) is 11.6 Å². The van der Waals surface area contributed by atoms with Crippen molar-refractivity contribution in [1.29, 1.82) is 0 Å². The number of piperidine rings is 1. The molecule has 1 heterocycles. The summed E-state index contributed by atoms with van der Waals surface area (Å²) in [5.74, 6) is -1.73. The summed E-state index contributed by atoms with van der Waals surface area (Å²) in [6, 6.07) is 2.88. The molecular weight excluding hydrogens is 347 g/mol. The van der Waals surface area contributed by atoms with Crippen molar-refractivity contribution in [3.63, 3.8) is 0 Å². The molecule has 0 unspecified atom stereocenters. The molecule has 1 aliphatic heterocycles. The minimum absolute atomic E-state index is 0.0975. The second-order valence-electron chi connectivity index (χ2n) is 5.51. The lowest BCUT2D eigenvalue weighted by molar-refractivity contribution is -0.144. The number of benzene rings is 1. The van der Waals surface area contributed by atoms with E-state index in [4.69, 9.17) is 16.7 Å². The van der Waals surface area contributed by atoms with E-state index in [-0.39, 0.29) is 16.5 Å². The van der Waals surface area contributed by atoms with Gasteiger partial charge in [-0.3, -0.25) is 9.59 Å². The number of carboxylic acid groups (broad SMARTS) is 1. The van der Waals surface area contributed by atoms with Gasteiger partial charge in [0.05, 0.1) is 11.5 Å². The molecule has 2 rings (SSSR count). The van der Waals surface area contributed by atoms with Crippen LogP contribution in [0.2, 0.25) is 5.02 Å². The number of rotatable bonds is 3. The molecule has 0 spiro atoms. The minimum atomic E-state index is -4.49. The van der Waals surface area contributed by atoms with E-state index in [1.807, 2.05) is 0 Å². The van der Waals surface area contributed by atoms with Crippen molar-refractivity contribution >= 4 is 29.6 Å². The molecule has 1 fully saturated rings. The zero-order chi connectivity index (χ0) is 17.9. The summed E-state index contributed by atoms with van der Waals surface area (Å²) in [6.07, 6.45) is -1.37. The van der Waals surface area contributed by atoms with Crippen LogP contribution in [0, 0.1) is 5.92 Å². The van der Waals surface area contributed by atoms with Gasteiger partial charge in [-0.05, 0) is 42.7 Å². The zero-order valence-electron chi connectivity index (χ0n) is 12.5. The Bertz CT molecular complexity index is 665. The first-order valence-corrected chi connectivity index (χ1v) is 7.63. The van der Waals surface area contributed by atoms with Crippen LogP contribution in [0.4, 0.5) is 13.2 Å². The third-order valence-corrected chi connectivity index (χ3v) is 4.23. The Hall–Kier alpha value is -2.02. The summed E-state index contributed by atoms with van der Waals surface area (Å²) < 4.78 is 38.1. The standard InChI is InChI=1S/C16H15ClF3NO3/c17-13-3-2-12(16(18,19)20)9-11(13)1-4-14(22)21-7-5-10(6-8-21)15(23)24/h1-4,9-10H,5-8H2,(H,23,24). The van der Waals surface area contributed by atoms with Gasteiger partial charge in [-0.25, -0.2) is 0 Å². The number of amides is 1. The van der Waals surface area contributed by atoms with Gasteiger partial charge >= 0.3 is 12.1 Å². The van der Waals surface area contributed by atoms with E-state index < -0.39 is 23.6 Å². The third kappa shape index (κ3) is 4.50. The fourth-order valence-corrected chi connectivity index (χ4v) is 2.64. The highest BCUT2D eigenvalue weighted by atomic mass is 35.5. The van der Waals surface area contributed by atoms with Gasteiger partial charge in [0.25, 0.3) is 0 Å². The normalized spacial score (nSPS) is 16.6. The highest BCUT2D eigenvalue weighted by molar-refractivity contribution is 6.32. The van der Waals surface area contributed by atoms with Crippen LogP contribution in [0.5, 0.6) is 0 Å². The number of alkyl halides is 3. The summed E-state index contributed by atoms with van der Waals surface area (Å²) in [7, 11) is 0. The van der Waals surface area contributed by atoms with Crippen molar-refractivity contribution in [1.82, 2.24) is 4.90 Å². The average Bonchev–Trinajstić information content (AvgIpc) is 2.52. The molecule has 1 saturated heterocycles. The molecule has 1 aliphatic rings. The lowest BCUT2D eigenvalue weighted by Crippen LogP contribution is -2.39. The number of carbonyl (C=O) groups excluding carboxylic acids is 1. The molecule has 4 nitrogen and oxygen atoms in total. The van der Waals surface area contributed by atoms with E-state index in [0.717, 1.165) is 24.3 Å². The van der Waals surface area contributed by atoms with Crippen molar-refractivity contribution in [3.05, 3.63) is 40.4 Å². The van der Waals surface area contributed by atoms with Crippen molar-refractivity contribution in [2.24, 2.45) is 5.92 Å². The topological polar surface area (TPSA) is 57.6 Å². The van der Waals surface area contributed by atoms with E-state index in [0.29, 0.717) is 25.9 Å². The molecule has 0 atom stereocenters. The maximum atomic E-state index is 12.7. The monoisotopic (exact) mass is 361 g/mol. The van der Waals surface area contributed by atoms with Gasteiger partial charge in [-0.15, -0.1) is 0 Å². The molecule has 8 heteroatoms. The maximum Gasteiger partial charge on any atom is 0.416 e. The lowest BCUT2D eigenvalue weighted by Gasteiger charge is -2.29. The van der Waals surface area contributed by atoms with E-state index in [2.05, 4.69) is 0 Å². The van der Waals surface area contributed by atoms with Crippen LogP contribution in [-0.2, 0) is 15.8 Å². The smallest absolute Gasteiger partial charge is 0.416 e. The van der Waals surface area contributed by atoms with Crippen LogP contribution < -0.4 is 0 Å². The summed E-state index contributed by atoms with van der Waals surface area (Å²) in [6.45, 7) is 0.604. The molecule has 130 valence electrons. The summed E-state index contributed by atoms with van der Waals surface area (Å²) in [5, 5.41) is 9.02. The van der Waals surface area contributed by atoms with Gasteiger partial charge in [0, 0.05) is 24.2 Å². The molecule has 0 saturated carbocycles. The fourth-order valence-electron chi connectivity index (χ4n) is 2.46. The molecule has 24 heavy (non-hydrogen) atoms. The molecule has 0 aliphatic carbocycles. The van der Waals surface area contributed by atoms with Gasteiger partial charge in [0.1, 0.15) is 0 Å². The van der Waals surface area contributed by atoms with Crippen molar-refractivity contribution in [2.75, 3.05) is 13.1 Å². The quantitative estimate of drug-likeness (QED) is 0.835. The van der Waals surface area contributed by atoms with E-state index in [1.165, 1.54) is 11.0 Å². The second kappa shape index (κ2) is 7.25. The Morgan fingerprint density at radius 3 is 2.42 bits per heavy atom. The Morgan fingerprint density at radius 2 is 1.88 bits per heavy atom. The maximum absolute atomic E-state index is 12.7. The highest BCUT2D eigenvalue weighted by Crippen LogP contribution is 2.32. The predicted molar refractivity (Wildman–Crippen MR) is 82.4 cm³/mol. The molecule has 1 N–H and O–H groups in total. The SMILES string of the molecule is O=C(O)C1CCN(C(=O)C=Cc2cc(C(F)(F)F)ccc2Cl)CC1. The van der Waals surface area contributed by atoms with Gasteiger partial charge in [0.2, 0.25) is 5.91 Å². The van der Waals surface area contributed by atoms with E-state index in [1.54, 1.807) is 0 Å². The number of carbonyl (C=O) groups is 2. The first-order chi connectivity index (χ1) is 11.2. The summed E-state index contributed by atoms with van der Waals surface area (Å²) in [5.41, 5.74) is -0.749. The van der Waals surface area contributed by atoms with Gasteiger partial charge in [0.15, 0.2) is 0 Å². The van der Waals surface area contributed by atoms with Crippen molar-refractivity contribution in [2.45, 2.75) is 19.0 Å². The number of hydrogen-bond acceptors (Lipinski definition) is 2. The Labute approximate surface area is 141 Å². The third-order valence-electron chi connectivity index (χ3n) is 3.88. The summed E-state index contributed by atoms with van der Waals surface area (Å²) in [4.78, 5) is 24.4. The van der Waals surface area contributed by atoms with Crippen LogP contribution in [0.15, 0.2) is 24.3 Å². The first-order valence-electron chi connectivity index (χ1n) is 7.25. The van der Waals surface area contributed by atoms with Crippen LogP contribution in [0.3, 0.4) is 0 Å². The predicted octanol–water partition coefficient (Wildman–Crippen LogP) is 3.70. The van der Waals surface area contributed by atoms with Crippen LogP contribution in [-0.4, -0.2) is 35.0 Å². The van der Waals surface area contributed by atoms with Crippen LogP contribution in [0.1, 0.15) is 24.0 Å². The van der Waals surface area contributed by atoms with E-state index >= 15 is 0 Å². The molecule has 0 aromatic heterocycles. The van der Waals surface area contributed by atoms with E-state index in [9.17, 15) is 22.8 Å². The van der Waals surface area contributed by atoms with Crippen LogP contribution in [0.25, 0.3) is 6.08 Å². The molecule has 1 aromatic rings. The molecular formula is C16H15ClF3NO3. The zero-order valence-corrected chi connectivity index (χ0v) is 13.3. The number of aliphatic carboxylic acids is 1. The highest BCUT2D eigenvalue weighted by Gasteiger charge is 2.30. The molecule has 1 aromatic carbocycles. The largest absolute Gasteiger partial charge is 0.481 e. The molecule has 0 bridgehead atoms. The molecule has 0 radical (unpaired) electrons. The number of halogens is 4. The number of carboxylic acids is 1. The van der Waals surface area contributed by atoms with Crippen LogP contribution >= 0.6 is 11.6 Å². The molecule has 1 amide bonds. The van der Waals surface area contributed by atoms with Crippen molar-refractivity contribution < 1.29 is 27.9 Å². The first kappa shape index (κ1) is 18.3. The van der Waals surface area contributed by atoms with Gasteiger partial charge in [-0.2, -0.15) is 13.2 Å². The second-order valence-corrected chi connectivity index (χ2v) is 5.91. The lowest BCUT2D eigenvalue weighted by atomic mass is 9.97. The van der Waals surface area contributed by atoms with Crippen molar-refractivity contribution in [3.8, 4) is 0 Å². The minimum Gasteiger partial charge on any atom is -0.481 e. The summed E-state index contributed by atoms with van der Waals surface area (Å²) >= 11 is 5.86. The Kier molecular flexibility index (Phi) is 5.54. The number of hydrogen-bond donors (Lipinski definition) is 1. The Balaban J connectivity index is 2.06. The fraction of sp³-hybridized carbons (Fsp3) is 0.375. The Morgan fingerprint density at radius 1 is 1.25 bits per heavy atom. The number of likely N-dealkylation sites (tertiary alicyclic amines) is 1.